The van der Waals surface area contributed by atoms with Crippen molar-refractivity contribution in [3.8, 4) is 0 Å². The van der Waals surface area contributed by atoms with Crippen LogP contribution >= 0.6 is 11.3 Å². The van der Waals surface area contributed by atoms with Crippen LogP contribution in [0.5, 0.6) is 0 Å². The first-order valence-corrected chi connectivity index (χ1v) is 10.8. The van der Waals surface area contributed by atoms with E-state index in [1.165, 1.54) is 27.3 Å². The molecular formula is C16H19N5O4S2. The summed E-state index contributed by atoms with van der Waals surface area (Å²) in [5, 5.41) is 1.75. The van der Waals surface area contributed by atoms with E-state index in [1.54, 1.807) is 24.6 Å². The van der Waals surface area contributed by atoms with Gasteiger partial charge in [-0.1, -0.05) is 6.07 Å². The molecule has 1 aliphatic rings. The molecule has 4 rings (SSSR count). The van der Waals surface area contributed by atoms with Gasteiger partial charge in [0.05, 0.1) is 0 Å². The maximum atomic E-state index is 12.6. The van der Waals surface area contributed by atoms with Crippen LogP contribution in [0.15, 0.2) is 31.3 Å². The fourth-order valence-electron chi connectivity index (χ4n) is 3.44. The lowest BCUT2D eigenvalue weighted by atomic mass is 9.98. The molecule has 144 valence electrons. The summed E-state index contributed by atoms with van der Waals surface area (Å²) in [7, 11) is -0.448. The lowest BCUT2D eigenvalue weighted by molar-refractivity contribution is 0.315. The van der Waals surface area contributed by atoms with Crippen molar-refractivity contribution in [1.29, 1.82) is 0 Å². The Hall–Kier alpha value is -2.24. The predicted molar refractivity (Wildman–Crippen MR) is 102 cm³/mol. The zero-order valence-corrected chi connectivity index (χ0v) is 16.5. The zero-order valence-electron chi connectivity index (χ0n) is 14.9. The Morgan fingerprint density at radius 2 is 1.89 bits per heavy atom. The molecule has 0 amide bonds. The van der Waals surface area contributed by atoms with E-state index in [4.69, 9.17) is 0 Å². The van der Waals surface area contributed by atoms with Crippen LogP contribution in [-0.2, 0) is 24.1 Å². The number of hydrogen-bond acceptors (Lipinski definition) is 6. The average molecular weight is 409 g/mol. The number of imidazole rings is 1. The molecule has 11 heteroatoms. The molecule has 1 saturated heterocycles. The molecule has 0 atom stereocenters. The lowest BCUT2D eigenvalue weighted by Crippen LogP contribution is -2.37. The molecule has 9 nitrogen and oxygen atoms in total. The van der Waals surface area contributed by atoms with Crippen LogP contribution in [0.2, 0.25) is 0 Å². The highest BCUT2D eigenvalue weighted by Crippen LogP contribution is 2.30. The Balaban J connectivity index is 1.61. The number of nitrogens with zero attached hydrogens (tertiary/aromatic N) is 4. The minimum absolute atomic E-state index is 0.00648. The number of H-pyrrole nitrogens is 1. The van der Waals surface area contributed by atoms with Crippen LogP contribution in [0.4, 0.5) is 0 Å². The van der Waals surface area contributed by atoms with Crippen molar-refractivity contribution in [3.63, 3.8) is 0 Å². The van der Waals surface area contributed by atoms with E-state index >= 15 is 0 Å². The van der Waals surface area contributed by atoms with Gasteiger partial charge in [-0.3, -0.25) is 13.9 Å². The van der Waals surface area contributed by atoms with Crippen molar-refractivity contribution in [2.24, 2.45) is 14.1 Å². The number of rotatable bonds is 3. The second kappa shape index (κ2) is 6.43. The van der Waals surface area contributed by atoms with Gasteiger partial charge < -0.3 is 4.98 Å². The third kappa shape index (κ3) is 2.86. The Labute approximate surface area is 158 Å². The van der Waals surface area contributed by atoms with Gasteiger partial charge in [-0.25, -0.2) is 18.2 Å². The van der Waals surface area contributed by atoms with Crippen molar-refractivity contribution in [3.05, 3.63) is 44.2 Å². The first kappa shape index (κ1) is 18.1. The van der Waals surface area contributed by atoms with Gasteiger partial charge in [-0.05, 0) is 24.3 Å². The normalized spacial score (nSPS) is 17.0. The van der Waals surface area contributed by atoms with Gasteiger partial charge in [0, 0.05) is 33.1 Å². The minimum atomic E-state index is -3.45. The molecular weight excluding hydrogens is 390 g/mol. The van der Waals surface area contributed by atoms with Gasteiger partial charge in [0.1, 0.15) is 15.6 Å². The van der Waals surface area contributed by atoms with E-state index in [0.717, 1.165) is 4.57 Å². The Kier molecular flexibility index (Phi) is 4.32. The molecule has 0 saturated carbocycles. The van der Waals surface area contributed by atoms with Gasteiger partial charge in [0.25, 0.3) is 15.6 Å². The standard InChI is InChI=1S/C16H19N5O4S2/c1-19-14-12(15(22)20(2)16(19)23)17-13(18-14)10-5-7-21(8-6-10)27(24,25)11-4-3-9-26-11/h3-4,9-10H,5-8H2,1-2H3,(H,17,18). The van der Waals surface area contributed by atoms with Gasteiger partial charge >= 0.3 is 5.69 Å². The first-order valence-electron chi connectivity index (χ1n) is 8.50. The molecule has 0 unspecified atom stereocenters. The molecule has 4 heterocycles. The van der Waals surface area contributed by atoms with Crippen molar-refractivity contribution in [2.75, 3.05) is 13.1 Å². The maximum absolute atomic E-state index is 12.6. The van der Waals surface area contributed by atoms with Crippen molar-refractivity contribution in [2.45, 2.75) is 23.0 Å². The van der Waals surface area contributed by atoms with Gasteiger partial charge in [-0.15, -0.1) is 11.3 Å². The maximum Gasteiger partial charge on any atom is 0.332 e. The topological polar surface area (TPSA) is 110 Å². The zero-order chi connectivity index (χ0) is 19.3. The number of sulfonamides is 1. The summed E-state index contributed by atoms with van der Waals surface area (Å²) in [6, 6.07) is 3.34. The molecule has 1 aliphatic heterocycles. The number of hydrogen-bond donors (Lipinski definition) is 1. The largest absolute Gasteiger partial charge is 0.336 e. The van der Waals surface area contributed by atoms with Crippen LogP contribution in [-0.4, -0.2) is 44.9 Å². The number of aromatic amines is 1. The van der Waals surface area contributed by atoms with E-state index in [9.17, 15) is 18.0 Å². The Morgan fingerprint density at radius 3 is 2.52 bits per heavy atom. The Morgan fingerprint density at radius 1 is 1.19 bits per heavy atom. The number of nitrogens with one attached hydrogen (secondary N) is 1. The smallest absolute Gasteiger partial charge is 0.332 e. The number of piperidine rings is 1. The van der Waals surface area contributed by atoms with E-state index in [1.807, 2.05) is 0 Å². The summed E-state index contributed by atoms with van der Waals surface area (Å²) in [4.78, 5) is 31.9. The first-order chi connectivity index (χ1) is 12.8. The minimum Gasteiger partial charge on any atom is -0.336 e. The second-order valence-electron chi connectivity index (χ2n) is 6.64. The second-order valence-corrected chi connectivity index (χ2v) is 9.75. The summed E-state index contributed by atoms with van der Waals surface area (Å²) in [5.41, 5.74) is -0.220. The average Bonchev–Trinajstić information content (AvgIpc) is 3.35. The summed E-state index contributed by atoms with van der Waals surface area (Å²) < 4.78 is 29.5. The van der Waals surface area contributed by atoms with Crippen LogP contribution in [0.1, 0.15) is 24.6 Å². The molecule has 3 aromatic rings. The van der Waals surface area contributed by atoms with Gasteiger partial charge in [-0.2, -0.15) is 4.31 Å². The van der Waals surface area contributed by atoms with Gasteiger partial charge in [0.15, 0.2) is 5.65 Å². The summed E-state index contributed by atoms with van der Waals surface area (Å²) in [5.74, 6) is 0.628. The van der Waals surface area contributed by atoms with E-state index in [0.29, 0.717) is 47.1 Å². The molecule has 27 heavy (non-hydrogen) atoms. The highest BCUT2D eigenvalue weighted by atomic mass is 32.2. The molecule has 0 aliphatic carbocycles. The fourth-order valence-corrected chi connectivity index (χ4v) is 6.06. The number of fused-ring (bicyclic) bond motifs is 1. The molecule has 1 fully saturated rings. The summed E-state index contributed by atoms with van der Waals surface area (Å²) in [6.45, 7) is 0.776. The molecule has 0 bridgehead atoms. The number of aryl methyl sites for hydroxylation is 1. The molecule has 0 spiro atoms. The molecule has 0 radical (unpaired) electrons. The van der Waals surface area contributed by atoms with Crippen LogP contribution in [0, 0.1) is 0 Å². The molecule has 1 N–H and O–H groups in total. The van der Waals surface area contributed by atoms with E-state index < -0.39 is 21.3 Å². The third-order valence-corrected chi connectivity index (χ3v) is 8.31. The molecule has 0 aromatic carbocycles. The lowest BCUT2D eigenvalue weighted by Gasteiger charge is -2.29. The third-order valence-electron chi connectivity index (χ3n) is 5.04. The highest BCUT2D eigenvalue weighted by molar-refractivity contribution is 7.91. The van der Waals surface area contributed by atoms with E-state index in [-0.39, 0.29) is 5.92 Å². The van der Waals surface area contributed by atoms with Gasteiger partial charge in [0.2, 0.25) is 0 Å². The fraction of sp³-hybridized carbons (Fsp3) is 0.438. The number of thiophene rings is 1. The SMILES string of the molecule is Cn1c(=O)c2[nH]c(C3CCN(S(=O)(=O)c4cccs4)CC3)nc2n(C)c1=O. The van der Waals surface area contributed by atoms with Crippen molar-refractivity contribution < 1.29 is 8.42 Å². The van der Waals surface area contributed by atoms with Crippen molar-refractivity contribution in [1.82, 2.24) is 23.4 Å². The Bertz CT molecular complexity index is 1210. The molecule has 3 aromatic heterocycles. The number of aromatic nitrogens is 4. The predicted octanol–water partition coefficient (Wildman–Crippen LogP) is 0.590. The van der Waals surface area contributed by atoms with E-state index in [2.05, 4.69) is 9.97 Å². The van der Waals surface area contributed by atoms with Crippen molar-refractivity contribution >= 4 is 32.5 Å². The monoisotopic (exact) mass is 409 g/mol. The summed E-state index contributed by atoms with van der Waals surface area (Å²) >= 11 is 1.21. The highest BCUT2D eigenvalue weighted by Gasteiger charge is 2.32. The quantitative estimate of drug-likeness (QED) is 0.681. The van der Waals surface area contributed by atoms with Crippen LogP contribution < -0.4 is 11.2 Å². The van der Waals surface area contributed by atoms with Crippen LogP contribution in [0.25, 0.3) is 11.2 Å². The summed E-state index contributed by atoms with van der Waals surface area (Å²) in [6.07, 6.45) is 1.19. The van der Waals surface area contributed by atoms with Crippen LogP contribution in [0.3, 0.4) is 0 Å².